The average molecular weight is 443 g/mol. The van der Waals surface area contributed by atoms with Gasteiger partial charge in [-0.15, -0.1) is 0 Å². The minimum absolute atomic E-state index is 0.0222. The van der Waals surface area contributed by atoms with Crippen LogP contribution in [0.4, 0.5) is 0 Å². The number of nitrogens with zero attached hydrogens (tertiary/aromatic N) is 3. The molecule has 1 aromatic carbocycles. The molecular weight excluding hydrogens is 412 g/mol. The van der Waals surface area contributed by atoms with Crippen LogP contribution in [-0.4, -0.2) is 64.5 Å². The summed E-state index contributed by atoms with van der Waals surface area (Å²) in [5, 5.41) is 0.428. The lowest BCUT2D eigenvalue weighted by molar-refractivity contribution is -0.142. The summed E-state index contributed by atoms with van der Waals surface area (Å²) in [6.45, 7) is 4.26. The lowest BCUT2D eigenvalue weighted by atomic mass is 9.81. The number of carbonyl (C=O) groups excluding carboxylic acids is 2. The predicted octanol–water partition coefficient (Wildman–Crippen LogP) is 1.20. The largest absolute Gasteiger partial charge is 0.497 e. The van der Waals surface area contributed by atoms with Crippen LogP contribution in [0.25, 0.3) is 10.9 Å². The summed E-state index contributed by atoms with van der Waals surface area (Å²) >= 11 is 0. The topological polar surface area (TPSA) is 105 Å². The number of H-pyrrole nitrogens is 1. The van der Waals surface area contributed by atoms with Gasteiger partial charge in [0.25, 0.3) is 5.56 Å². The second kappa shape index (κ2) is 9.18. The molecule has 1 N–H and O–H groups in total. The molecule has 2 amide bonds. The molecule has 0 atom stereocenters. The van der Waals surface area contributed by atoms with Crippen LogP contribution in [0.15, 0.2) is 27.8 Å². The van der Waals surface area contributed by atoms with Crippen molar-refractivity contribution in [3.8, 4) is 5.75 Å². The monoisotopic (exact) mass is 442 g/mol. The zero-order chi connectivity index (χ0) is 22.8. The smallest absolute Gasteiger partial charge is 0.328 e. The van der Waals surface area contributed by atoms with E-state index in [1.54, 1.807) is 30.0 Å². The van der Waals surface area contributed by atoms with Crippen LogP contribution in [0, 0.1) is 11.8 Å². The van der Waals surface area contributed by atoms with Gasteiger partial charge in [-0.05, 0) is 49.8 Å². The first-order valence-corrected chi connectivity index (χ1v) is 11.2. The van der Waals surface area contributed by atoms with Crippen molar-refractivity contribution >= 4 is 22.7 Å². The van der Waals surface area contributed by atoms with Gasteiger partial charge < -0.3 is 19.5 Å². The van der Waals surface area contributed by atoms with Crippen molar-refractivity contribution in [2.24, 2.45) is 11.8 Å². The molecule has 1 aromatic heterocycles. The third kappa shape index (κ3) is 4.42. The van der Waals surface area contributed by atoms with E-state index in [1.165, 1.54) is 11.7 Å². The van der Waals surface area contributed by atoms with Gasteiger partial charge in [-0.1, -0.05) is 0 Å². The molecule has 1 saturated carbocycles. The molecule has 0 unspecified atom stereocenters. The van der Waals surface area contributed by atoms with E-state index in [4.69, 9.17) is 4.74 Å². The lowest BCUT2D eigenvalue weighted by Crippen LogP contribution is -2.51. The van der Waals surface area contributed by atoms with Gasteiger partial charge in [0.15, 0.2) is 0 Å². The lowest BCUT2D eigenvalue weighted by Gasteiger charge is -2.37. The van der Waals surface area contributed by atoms with E-state index in [0.29, 0.717) is 49.4 Å². The highest BCUT2D eigenvalue weighted by Gasteiger charge is 2.31. The molecule has 172 valence electrons. The SMILES string of the molecule is COc1ccc2[nH]c(=O)n(C[C@H]3CC[C@H](C(=O)N4CCN(C(C)=O)CC4)CC3)c(=O)c2c1. The van der Waals surface area contributed by atoms with E-state index in [0.717, 1.165) is 25.7 Å². The molecule has 2 aliphatic rings. The Morgan fingerprint density at radius 1 is 1.03 bits per heavy atom. The second-order valence-corrected chi connectivity index (χ2v) is 8.81. The number of hydrogen-bond donors (Lipinski definition) is 1. The maximum Gasteiger partial charge on any atom is 0.328 e. The third-order valence-electron chi connectivity index (χ3n) is 6.86. The van der Waals surface area contributed by atoms with Crippen molar-refractivity contribution < 1.29 is 14.3 Å². The van der Waals surface area contributed by atoms with E-state index in [-0.39, 0.29) is 29.2 Å². The molecule has 2 heterocycles. The van der Waals surface area contributed by atoms with Crippen LogP contribution in [-0.2, 0) is 16.1 Å². The number of methoxy groups -OCH3 is 1. The van der Waals surface area contributed by atoms with E-state index >= 15 is 0 Å². The van der Waals surface area contributed by atoms with Crippen LogP contribution >= 0.6 is 0 Å². The Balaban J connectivity index is 1.39. The second-order valence-electron chi connectivity index (χ2n) is 8.81. The summed E-state index contributed by atoms with van der Waals surface area (Å²) in [7, 11) is 1.54. The van der Waals surface area contributed by atoms with Gasteiger partial charge in [0.2, 0.25) is 11.8 Å². The first kappa shape index (κ1) is 22.1. The maximum absolute atomic E-state index is 12.9. The number of amides is 2. The number of carbonyl (C=O) groups is 2. The summed E-state index contributed by atoms with van der Waals surface area (Å²) in [5.74, 6) is 0.937. The van der Waals surface area contributed by atoms with Crippen molar-refractivity contribution in [2.45, 2.75) is 39.2 Å². The highest BCUT2D eigenvalue weighted by Crippen LogP contribution is 2.31. The molecule has 1 aliphatic carbocycles. The number of ether oxygens (including phenoxy) is 1. The Bertz CT molecular complexity index is 1120. The Morgan fingerprint density at radius 3 is 2.31 bits per heavy atom. The molecule has 9 nitrogen and oxygen atoms in total. The average Bonchev–Trinajstić information content (AvgIpc) is 2.81. The van der Waals surface area contributed by atoms with Gasteiger partial charge >= 0.3 is 5.69 Å². The van der Waals surface area contributed by atoms with Gasteiger partial charge in [-0.2, -0.15) is 0 Å². The number of rotatable bonds is 4. The minimum Gasteiger partial charge on any atom is -0.497 e. The van der Waals surface area contributed by atoms with Crippen molar-refractivity contribution in [3.05, 3.63) is 39.0 Å². The van der Waals surface area contributed by atoms with Crippen LogP contribution in [0.1, 0.15) is 32.6 Å². The summed E-state index contributed by atoms with van der Waals surface area (Å²) in [6, 6.07) is 5.03. The fourth-order valence-electron chi connectivity index (χ4n) is 4.87. The molecule has 2 fully saturated rings. The molecule has 0 radical (unpaired) electrons. The Kier molecular flexibility index (Phi) is 6.34. The molecule has 1 saturated heterocycles. The van der Waals surface area contributed by atoms with Crippen LogP contribution < -0.4 is 16.0 Å². The van der Waals surface area contributed by atoms with Gasteiger partial charge in [0.05, 0.1) is 18.0 Å². The van der Waals surface area contributed by atoms with E-state index in [1.807, 2.05) is 4.90 Å². The zero-order valence-electron chi connectivity index (χ0n) is 18.6. The van der Waals surface area contributed by atoms with Crippen molar-refractivity contribution in [2.75, 3.05) is 33.3 Å². The fourth-order valence-corrected chi connectivity index (χ4v) is 4.87. The summed E-state index contributed by atoms with van der Waals surface area (Å²) in [5.41, 5.74) is -0.227. The minimum atomic E-state index is -0.408. The standard InChI is InChI=1S/C23H30N4O5/c1-15(28)25-9-11-26(12-10-25)21(29)17-5-3-16(4-6-17)14-27-22(30)19-13-18(32-2)7-8-20(19)24-23(27)31/h7-8,13,16-17H,3-6,9-12,14H2,1-2H3,(H,24,31)/t16-,17-. The highest BCUT2D eigenvalue weighted by atomic mass is 16.5. The van der Waals surface area contributed by atoms with Gasteiger partial charge in [-0.3, -0.25) is 19.0 Å². The Hall–Kier alpha value is -3.10. The predicted molar refractivity (Wildman–Crippen MR) is 120 cm³/mol. The number of aromatic amines is 1. The van der Waals surface area contributed by atoms with Crippen LogP contribution in [0.2, 0.25) is 0 Å². The summed E-state index contributed by atoms with van der Waals surface area (Å²) < 4.78 is 6.48. The molecule has 9 heteroatoms. The normalized spacial score (nSPS) is 21.6. The van der Waals surface area contributed by atoms with Gasteiger partial charge in [0, 0.05) is 45.6 Å². The van der Waals surface area contributed by atoms with Crippen LogP contribution in [0.3, 0.4) is 0 Å². The van der Waals surface area contributed by atoms with Crippen molar-refractivity contribution in [3.63, 3.8) is 0 Å². The Labute approximate surface area is 186 Å². The van der Waals surface area contributed by atoms with E-state index in [2.05, 4.69) is 4.98 Å². The summed E-state index contributed by atoms with van der Waals surface area (Å²) in [4.78, 5) is 56.3. The van der Waals surface area contributed by atoms with E-state index < -0.39 is 5.69 Å². The number of nitrogens with one attached hydrogen (secondary N) is 1. The molecule has 2 aromatic rings. The molecular formula is C23H30N4O5. The molecule has 4 rings (SSSR count). The number of aromatic nitrogens is 2. The molecule has 1 aliphatic heterocycles. The van der Waals surface area contributed by atoms with Crippen molar-refractivity contribution in [1.29, 1.82) is 0 Å². The van der Waals surface area contributed by atoms with Gasteiger partial charge in [-0.25, -0.2) is 4.79 Å². The zero-order valence-corrected chi connectivity index (χ0v) is 18.6. The number of benzene rings is 1. The molecule has 0 bridgehead atoms. The quantitative estimate of drug-likeness (QED) is 0.766. The number of fused-ring (bicyclic) bond motifs is 1. The number of piperazine rings is 1. The van der Waals surface area contributed by atoms with Gasteiger partial charge in [0.1, 0.15) is 5.75 Å². The van der Waals surface area contributed by atoms with Crippen LogP contribution in [0.5, 0.6) is 5.75 Å². The maximum atomic E-state index is 12.9. The fraction of sp³-hybridized carbons (Fsp3) is 0.565. The Morgan fingerprint density at radius 2 is 1.69 bits per heavy atom. The van der Waals surface area contributed by atoms with E-state index in [9.17, 15) is 19.2 Å². The third-order valence-corrected chi connectivity index (χ3v) is 6.86. The number of hydrogen-bond acceptors (Lipinski definition) is 5. The molecule has 32 heavy (non-hydrogen) atoms. The first-order chi connectivity index (χ1) is 15.4. The van der Waals surface area contributed by atoms with Crippen molar-refractivity contribution in [1.82, 2.24) is 19.4 Å². The molecule has 0 spiro atoms. The first-order valence-electron chi connectivity index (χ1n) is 11.2. The summed E-state index contributed by atoms with van der Waals surface area (Å²) in [6.07, 6.45) is 3.10. The highest BCUT2D eigenvalue weighted by molar-refractivity contribution is 5.80.